The van der Waals surface area contributed by atoms with Crippen LogP contribution in [-0.2, 0) is 6.18 Å². The molecule has 0 N–H and O–H groups in total. The number of anilines is 1. The molecule has 2 aromatic rings. The number of piperazine rings is 1. The van der Waals surface area contributed by atoms with Gasteiger partial charge in [-0.05, 0) is 42.5 Å². The molecule has 0 atom stereocenters. The predicted octanol–water partition coefficient (Wildman–Crippen LogP) is 4.36. The highest BCUT2D eigenvalue weighted by molar-refractivity contribution is 6.30. The van der Waals surface area contributed by atoms with Crippen molar-refractivity contribution in [3.63, 3.8) is 0 Å². The Morgan fingerprint density at radius 1 is 1.00 bits per heavy atom. The third-order valence-corrected chi connectivity index (χ3v) is 4.70. The van der Waals surface area contributed by atoms with Gasteiger partial charge in [0.05, 0.1) is 12.1 Å². The molecule has 7 heteroatoms. The number of carbonyl (C=O) groups excluding carboxylic acids is 1. The molecule has 0 saturated carbocycles. The van der Waals surface area contributed by atoms with Crippen LogP contribution in [-0.4, -0.2) is 43.4 Å². The minimum atomic E-state index is -4.34. The lowest BCUT2D eigenvalue weighted by molar-refractivity contribution is -0.137. The Balaban J connectivity index is 1.57. The molecule has 0 radical (unpaired) electrons. The van der Waals surface area contributed by atoms with Gasteiger partial charge in [0.25, 0.3) is 0 Å². The van der Waals surface area contributed by atoms with E-state index in [0.29, 0.717) is 42.5 Å². The molecule has 2 aromatic carbocycles. The summed E-state index contributed by atoms with van der Waals surface area (Å²) in [5.41, 5.74) is 0.522. The molecule has 0 bridgehead atoms. The average molecular weight is 383 g/mol. The average Bonchev–Trinajstić information content (AvgIpc) is 2.62. The van der Waals surface area contributed by atoms with Gasteiger partial charge in [-0.15, -0.1) is 0 Å². The van der Waals surface area contributed by atoms with Gasteiger partial charge in [0, 0.05) is 42.5 Å². The van der Waals surface area contributed by atoms with Gasteiger partial charge in [-0.1, -0.05) is 17.7 Å². The van der Waals surface area contributed by atoms with E-state index in [1.807, 2.05) is 9.80 Å². The van der Waals surface area contributed by atoms with Crippen molar-refractivity contribution in [2.45, 2.75) is 6.18 Å². The van der Waals surface area contributed by atoms with Crippen molar-refractivity contribution in [3.8, 4) is 0 Å². The van der Waals surface area contributed by atoms with Gasteiger partial charge in [-0.3, -0.25) is 9.69 Å². The van der Waals surface area contributed by atoms with E-state index in [0.717, 1.165) is 6.07 Å². The standard InChI is InChI=1S/C19H18ClF3N2O/c20-16-6-4-14(5-7-16)18(26)13-24-8-10-25(11-9-24)17-3-1-2-15(12-17)19(21,22)23/h1-7,12H,8-11,13H2. The van der Waals surface area contributed by atoms with Gasteiger partial charge in [0.1, 0.15) is 0 Å². The van der Waals surface area contributed by atoms with Crippen LogP contribution in [0.1, 0.15) is 15.9 Å². The minimum absolute atomic E-state index is 0.00851. The summed E-state index contributed by atoms with van der Waals surface area (Å²) in [6.45, 7) is 2.69. The molecule has 138 valence electrons. The SMILES string of the molecule is O=C(CN1CCN(c2cccc(C(F)(F)F)c2)CC1)c1ccc(Cl)cc1. The second-order valence-corrected chi connectivity index (χ2v) is 6.68. The highest BCUT2D eigenvalue weighted by Crippen LogP contribution is 2.31. The molecule has 1 saturated heterocycles. The van der Waals surface area contributed by atoms with Crippen molar-refractivity contribution >= 4 is 23.1 Å². The van der Waals surface area contributed by atoms with Crippen molar-refractivity contribution < 1.29 is 18.0 Å². The Labute approximate surface area is 155 Å². The predicted molar refractivity (Wildman–Crippen MR) is 95.9 cm³/mol. The first-order valence-corrected chi connectivity index (χ1v) is 8.64. The van der Waals surface area contributed by atoms with Crippen molar-refractivity contribution in [1.29, 1.82) is 0 Å². The fourth-order valence-electron chi connectivity index (χ4n) is 2.97. The maximum absolute atomic E-state index is 12.9. The molecular weight excluding hydrogens is 365 g/mol. The molecule has 1 aliphatic rings. The maximum Gasteiger partial charge on any atom is 0.416 e. The van der Waals surface area contributed by atoms with Crippen LogP contribution < -0.4 is 4.90 Å². The molecule has 0 aliphatic carbocycles. The second-order valence-electron chi connectivity index (χ2n) is 6.24. The van der Waals surface area contributed by atoms with Crippen LogP contribution in [0.2, 0.25) is 5.02 Å². The summed E-state index contributed by atoms with van der Waals surface area (Å²) in [5.74, 6) is 0.00851. The highest BCUT2D eigenvalue weighted by atomic mass is 35.5. The van der Waals surface area contributed by atoms with E-state index < -0.39 is 11.7 Å². The summed E-state index contributed by atoms with van der Waals surface area (Å²) in [6, 6.07) is 12.1. The Bertz CT molecular complexity index is 769. The number of rotatable bonds is 4. The number of hydrogen-bond donors (Lipinski definition) is 0. The van der Waals surface area contributed by atoms with Gasteiger partial charge >= 0.3 is 6.18 Å². The summed E-state index contributed by atoms with van der Waals surface area (Å²) in [7, 11) is 0. The monoisotopic (exact) mass is 382 g/mol. The summed E-state index contributed by atoms with van der Waals surface area (Å²) in [5, 5.41) is 0.580. The van der Waals surface area contributed by atoms with E-state index in [2.05, 4.69) is 0 Å². The zero-order valence-corrected chi connectivity index (χ0v) is 14.7. The molecule has 1 aliphatic heterocycles. The van der Waals surface area contributed by atoms with E-state index in [-0.39, 0.29) is 12.3 Å². The topological polar surface area (TPSA) is 23.6 Å². The van der Waals surface area contributed by atoms with Crippen LogP contribution in [0.15, 0.2) is 48.5 Å². The molecule has 1 heterocycles. The van der Waals surface area contributed by atoms with Gasteiger partial charge < -0.3 is 4.90 Å². The lowest BCUT2D eigenvalue weighted by atomic mass is 10.1. The van der Waals surface area contributed by atoms with Crippen molar-refractivity contribution in [2.75, 3.05) is 37.6 Å². The molecular formula is C19H18ClF3N2O. The largest absolute Gasteiger partial charge is 0.416 e. The fraction of sp³-hybridized carbons (Fsp3) is 0.316. The van der Waals surface area contributed by atoms with Crippen LogP contribution >= 0.6 is 11.6 Å². The molecule has 0 unspecified atom stereocenters. The third-order valence-electron chi connectivity index (χ3n) is 4.44. The fourth-order valence-corrected chi connectivity index (χ4v) is 3.10. The van der Waals surface area contributed by atoms with Crippen molar-refractivity contribution in [2.24, 2.45) is 0 Å². The number of nitrogens with zero attached hydrogens (tertiary/aromatic N) is 2. The molecule has 0 spiro atoms. The lowest BCUT2D eigenvalue weighted by Gasteiger charge is -2.36. The summed E-state index contributed by atoms with van der Waals surface area (Å²) in [4.78, 5) is 16.2. The van der Waals surface area contributed by atoms with E-state index >= 15 is 0 Å². The van der Waals surface area contributed by atoms with Crippen LogP contribution in [0.3, 0.4) is 0 Å². The highest BCUT2D eigenvalue weighted by Gasteiger charge is 2.31. The Kier molecular flexibility index (Phi) is 5.53. The molecule has 3 nitrogen and oxygen atoms in total. The molecule has 26 heavy (non-hydrogen) atoms. The van der Waals surface area contributed by atoms with Crippen molar-refractivity contribution in [1.82, 2.24) is 4.90 Å². The summed E-state index contributed by atoms with van der Waals surface area (Å²) < 4.78 is 38.6. The van der Waals surface area contributed by atoms with E-state index in [1.54, 1.807) is 30.3 Å². The number of benzene rings is 2. The number of halogens is 4. The van der Waals surface area contributed by atoms with Gasteiger partial charge in [0.2, 0.25) is 0 Å². The van der Waals surface area contributed by atoms with E-state index in [4.69, 9.17) is 11.6 Å². The van der Waals surface area contributed by atoms with Gasteiger partial charge in [0.15, 0.2) is 5.78 Å². The first kappa shape index (κ1) is 18.7. The number of hydrogen-bond acceptors (Lipinski definition) is 3. The summed E-state index contributed by atoms with van der Waals surface area (Å²) >= 11 is 5.82. The zero-order valence-electron chi connectivity index (χ0n) is 14.0. The third kappa shape index (κ3) is 4.56. The van der Waals surface area contributed by atoms with Crippen molar-refractivity contribution in [3.05, 3.63) is 64.7 Å². The van der Waals surface area contributed by atoms with Crippen LogP contribution in [0.4, 0.5) is 18.9 Å². The maximum atomic E-state index is 12.9. The zero-order chi connectivity index (χ0) is 18.7. The number of alkyl halides is 3. The lowest BCUT2D eigenvalue weighted by Crippen LogP contribution is -2.48. The molecule has 0 amide bonds. The minimum Gasteiger partial charge on any atom is -0.369 e. The normalized spacial score (nSPS) is 15.9. The quantitative estimate of drug-likeness (QED) is 0.734. The second kappa shape index (κ2) is 7.68. The molecule has 1 fully saturated rings. The Morgan fingerprint density at radius 2 is 1.65 bits per heavy atom. The van der Waals surface area contributed by atoms with Crippen LogP contribution in [0.5, 0.6) is 0 Å². The summed E-state index contributed by atoms with van der Waals surface area (Å²) in [6.07, 6.45) is -4.34. The van der Waals surface area contributed by atoms with Crippen LogP contribution in [0, 0.1) is 0 Å². The Morgan fingerprint density at radius 3 is 2.27 bits per heavy atom. The Hall–Kier alpha value is -2.05. The number of Topliss-reactive ketones (excluding diaryl/α,β-unsaturated/α-hetero) is 1. The first-order valence-electron chi connectivity index (χ1n) is 8.26. The van der Waals surface area contributed by atoms with Crippen LogP contribution in [0.25, 0.3) is 0 Å². The van der Waals surface area contributed by atoms with Gasteiger partial charge in [-0.25, -0.2) is 0 Å². The van der Waals surface area contributed by atoms with E-state index in [9.17, 15) is 18.0 Å². The van der Waals surface area contributed by atoms with E-state index in [1.165, 1.54) is 12.1 Å². The van der Waals surface area contributed by atoms with Gasteiger partial charge in [-0.2, -0.15) is 13.2 Å². The molecule has 3 rings (SSSR count). The molecule has 0 aromatic heterocycles. The first-order chi connectivity index (χ1) is 12.3. The smallest absolute Gasteiger partial charge is 0.369 e. The number of carbonyl (C=O) groups is 1. The number of ketones is 1.